The Morgan fingerprint density at radius 2 is 2.19 bits per heavy atom. The number of hydrogen-bond donors (Lipinski definition) is 1. The van der Waals surface area contributed by atoms with Crippen LogP contribution >= 0.6 is 0 Å². The van der Waals surface area contributed by atoms with E-state index in [1.807, 2.05) is 6.92 Å². The number of aliphatic hydroxyl groups excluding tert-OH is 1. The van der Waals surface area contributed by atoms with Crippen LogP contribution in [0.2, 0.25) is 0 Å². The first kappa shape index (κ1) is 13.0. The zero-order valence-electron chi connectivity index (χ0n) is 10.6. The zero-order chi connectivity index (χ0) is 12.1. The van der Waals surface area contributed by atoms with E-state index in [0.29, 0.717) is 11.7 Å². The van der Waals surface area contributed by atoms with Crippen molar-refractivity contribution >= 4 is 0 Å². The van der Waals surface area contributed by atoms with Crippen LogP contribution in [-0.4, -0.2) is 22.0 Å². The summed E-state index contributed by atoms with van der Waals surface area (Å²) in [6.07, 6.45) is 2.99. The Bertz CT molecular complexity index is 301. The van der Waals surface area contributed by atoms with Gasteiger partial charge >= 0.3 is 0 Å². The average molecular weight is 226 g/mol. The zero-order valence-corrected chi connectivity index (χ0v) is 10.6. The monoisotopic (exact) mass is 226 g/mol. The summed E-state index contributed by atoms with van der Waals surface area (Å²) in [6.45, 7) is 7.02. The summed E-state index contributed by atoms with van der Waals surface area (Å²) in [5, 5.41) is 14.4. The minimum Gasteiger partial charge on any atom is -0.493 e. The molecule has 4 heteroatoms. The molecule has 0 saturated carbocycles. The Kier molecular flexibility index (Phi) is 4.80. The molecule has 0 bridgehead atoms. The van der Waals surface area contributed by atoms with Gasteiger partial charge in [-0.3, -0.25) is 4.68 Å². The van der Waals surface area contributed by atoms with Crippen LogP contribution in [0.15, 0.2) is 6.20 Å². The van der Waals surface area contributed by atoms with Crippen molar-refractivity contribution in [2.24, 2.45) is 5.92 Å². The highest BCUT2D eigenvalue weighted by Gasteiger charge is 2.20. The first-order chi connectivity index (χ1) is 7.63. The van der Waals surface area contributed by atoms with Gasteiger partial charge in [0.15, 0.2) is 5.75 Å². The highest BCUT2D eigenvalue weighted by Crippen LogP contribution is 2.29. The summed E-state index contributed by atoms with van der Waals surface area (Å²) >= 11 is 0. The standard InChI is InChI=1S/C12H22N2O2/c1-5-9(3)7-10(15)12-11(16-4)8-13-14(12)6-2/h8-10,15H,5-7H2,1-4H3. The smallest absolute Gasteiger partial charge is 0.162 e. The van der Waals surface area contributed by atoms with Crippen molar-refractivity contribution in [3.05, 3.63) is 11.9 Å². The lowest BCUT2D eigenvalue weighted by molar-refractivity contribution is 0.133. The number of aromatic nitrogens is 2. The van der Waals surface area contributed by atoms with E-state index in [1.54, 1.807) is 18.0 Å². The minimum atomic E-state index is -0.493. The van der Waals surface area contributed by atoms with Gasteiger partial charge in [0.2, 0.25) is 0 Å². The maximum absolute atomic E-state index is 10.2. The molecule has 0 aromatic carbocycles. The van der Waals surface area contributed by atoms with Crippen LogP contribution in [0.25, 0.3) is 0 Å². The molecule has 0 radical (unpaired) electrons. The fourth-order valence-electron chi connectivity index (χ4n) is 1.78. The quantitative estimate of drug-likeness (QED) is 0.810. The van der Waals surface area contributed by atoms with Gasteiger partial charge in [0, 0.05) is 6.54 Å². The first-order valence-corrected chi connectivity index (χ1v) is 5.91. The van der Waals surface area contributed by atoms with E-state index >= 15 is 0 Å². The van der Waals surface area contributed by atoms with Crippen LogP contribution in [0.1, 0.15) is 45.4 Å². The van der Waals surface area contributed by atoms with Crippen molar-refractivity contribution in [1.29, 1.82) is 0 Å². The van der Waals surface area contributed by atoms with Crippen molar-refractivity contribution in [1.82, 2.24) is 9.78 Å². The van der Waals surface area contributed by atoms with Gasteiger partial charge in [0.1, 0.15) is 5.69 Å². The van der Waals surface area contributed by atoms with E-state index in [4.69, 9.17) is 4.74 Å². The third-order valence-electron chi connectivity index (χ3n) is 3.00. The number of aryl methyl sites for hydroxylation is 1. The highest BCUT2D eigenvalue weighted by molar-refractivity contribution is 5.27. The van der Waals surface area contributed by atoms with E-state index < -0.39 is 6.10 Å². The summed E-state index contributed by atoms with van der Waals surface area (Å²) in [7, 11) is 1.61. The first-order valence-electron chi connectivity index (χ1n) is 5.91. The van der Waals surface area contributed by atoms with Crippen LogP contribution in [0.5, 0.6) is 5.75 Å². The van der Waals surface area contributed by atoms with Gasteiger partial charge in [-0.15, -0.1) is 0 Å². The molecule has 2 unspecified atom stereocenters. The van der Waals surface area contributed by atoms with E-state index in [9.17, 15) is 5.11 Å². The van der Waals surface area contributed by atoms with E-state index in [0.717, 1.165) is 25.1 Å². The molecule has 1 aromatic rings. The lowest BCUT2D eigenvalue weighted by atomic mass is 9.99. The van der Waals surface area contributed by atoms with Gasteiger partial charge in [-0.1, -0.05) is 20.3 Å². The van der Waals surface area contributed by atoms with Gasteiger partial charge < -0.3 is 9.84 Å². The Morgan fingerprint density at radius 1 is 1.50 bits per heavy atom. The predicted octanol–water partition coefficient (Wildman–Crippen LogP) is 2.38. The molecule has 16 heavy (non-hydrogen) atoms. The number of nitrogens with zero attached hydrogens (tertiary/aromatic N) is 2. The van der Waals surface area contributed by atoms with Crippen LogP contribution in [0.3, 0.4) is 0 Å². The molecule has 4 nitrogen and oxygen atoms in total. The Hall–Kier alpha value is -1.03. The van der Waals surface area contributed by atoms with Crippen molar-refractivity contribution in [3.63, 3.8) is 0 Å². The molecule has 1 rings (SSSR count). The molecule has 2 atom stereocenters. The third-order valence-corrected chi connectivity index (χ3v) is 3.00. The molecule has 1 aromatic heterocycles. The van der Waals surface area contributed by atoms with Crippen LogP contribution in [0, 0.1) is 5.92 Å². The minimum absolute atomic E-state index is 0.493. The maximum atomic E-state index is 10.2. The topological polar surface area (TPSA) is 47.3 Å². The molecule has 0 fully saturated rings. The summed E-state index contributed by atoms with van der Waals surface area (Å²) in [5.74, 6) is 1.18. The molecular formula is C12H22N2O2. The lowest BCUT2D eigenvalue weighted by Gasteiger charge is -2.17. The van der Waals surface area contributed by atoms with Gasteiger partial charge in [0.05, 0.1) is 19.4 Å². The molecule has 0 amide bonds. The van der Waals surface area contributed by atoms with E-state index in [-0.39, 0.29) is 0 Å². The Balaban J connectivity index is 2.87. The molecule has 92 valence electrons. The van der Waals surface area contributed by atoms with Crippen molar-refractivity contribution < 1.29 is 9.84 Å². The fourth-order valence-corrected chi connectivity index (χ4v) is 1.78. The average Bonchev–Trinajstić information content (AvgIpc) is 2.71. The number of ether oxygens (including phenoxy) is 1. The summed E-state index contributed by atoms with van der Waals surface area (Å²) in [5.41, 5.74) is 0.797. The van der Waals surface area contributed by atoms with E-state index in [1.165, 1.54) is 0 Å². The number of rotatable bonds is 6. The molecule has 1 N–H and O–H groups in total. The summed E-state index contributed by atoms with van der Waals surface area (Å²) in [4.78, 5) is 0. The molecule has 0 saturated heterocycles. The molecule has 0 aliphatic carbocycles. The normalized spacial score (nSPS) is 14.8. The van der Waals surface area contributed by atoms with Crippen LogP contribution < -0.4 is 4.74 Å². The molecule has 0 aliphatic heterocycles. The molecule has 0 aliphatic rings. The SMILES string of the molecule is CCC(C)CC(O)c1c(OC)cnn1CC. The predicted molar refractivity (Wildman–Crippen MR) is 63.5 cm³/mol. The Labute approximate surface area is 97.2 Å². The fraction of sp³-hybridized carbons (Fsp3) is 0.750. The van der Waals surface area contributed by atoms with Gasteiger partial charge in [-0.25, -0.2) is 0 Å². The van der Waals surface area contributed by atoms with Gasteiger partial charge in [-0.2, -0.15) is 5.10 Å². The van der Waals surface area contributed by atoms with Crippen molar-refractivity contribution in [2.75, 3.05) is 7.11 Å². The second-order valence-electron chi connectivity index (χ2n) is 4.18. The molecule has 1 heterocycles. The van der Waals surface area contributed by atoms with Crippen molar-refractivity contribution in [2.45, 2.75) is 46.3 Å². The van der Waals surface area contributed by atoms with Gasteiger partial charge in [-0.05, 0) is 19.3 Å². The number of aliphatic hydroxyl groups is 1. The second-order valence-corrected chi connectivity index (χ2v) is 4.18. The van der Waals surface area contributed by atoms with Gasteiger partial charge in [0.25, 0.3) is 0 Å². The number of hydrogen-bond acceptors (Lipinski definition) is 3. The second kappa shape index (κ2) is 5.89. The van der Waals surface area contributed by atoms with Crippen LogP contribution in [0.4, 0.5) is 0 Å². The maximum Gasteiger partial charge on any atom is 0.162 e. The largest absolute Gasteiger partial charge is 0.493 e. The summed E-state index contributed by atoms with van der Waals surface area (Å²) in [6, 6.07) is 0. The Morgan fingerprint density at radius 3 is 2.69 bits per heavy atom. The highest BCUT2D eigenvalue weighted by atomic mass is 16.5. The summed E-state index contributed by atoms with van der Waals surface area (Å²) < 4.78 is 7.02. The molecular weight excluding hydrogens is 204 g/mol. The number of methoxy groups -OCH3 is 1. The van der Waals surface area contributed by atoms with Crippen LogP contribution in [-0.2, 0) is 6.54 Å². The third kappa shape index (κ3) is 2.76. The lowest BCUT2D eigenvalue weighted by Crippen LogP contribution is -2.11. The van der Waals surface area contributed by atoms with Crippen molar-refractivity contribution in [3.8, 4) is 5.75 Å². The van der Waals surface area contributed by atoms with E-state index in [2.05, 4.69) is 18.9 Å². The molecule has 0 spiro atoms.